The van der Waals surface area contributed by atoms with Crippen LogP contribution in [0.15, 0.2) is 36.4 Å². The Labute approximate surface area is 167 Å². The minimum Gasteiger partial charge on any atom is -0.469 e. The van der Waals surface area contributed by atoms with Crippen molar-refractivity contribution in [2.45, 2.75) is 53.1 Å². The van der Waals surface area contributed by atoms with Gasteiger partial charge in [0, 0.05) is 5.02 Å². The fourth-order valence-electron chi connectivity index (χ4n) is 3.37. The van der Waals surface area contributed by atoms with Gasteiger partial charge in [-0.2, -0.15) is 0 Å². The first kappa shape index (κ1) is 21.5. The van der Waals surface area contributed by atoms with Crippen LogP contribution in [0.5, 0.6) is 0 Å². The summed E-state index contributed by atoms with van der Waals surface area (Å²) in [5.74, 6) is -0.241. The summed E-state index contributed by atoms with van der Waals surface area (Å²) in [6, 6.07) is 12.1. The number of aryl methyl sites for hydroxylation is 2. The van der Waals surface area contributed by atoms with Crippen molar-refractivity contribution in [3.05, 3.63) is 58.1 Å². The third kappa shape index (κ3) is 5.57. The number of hydrogen-bond acceptors (Lipinski definition) is 3. The second kappa shape index (κ2) is 8.90. The topological polar surface area (TPSA) is 46.5 Å². The molecular formula is C23H29ClO3. The van der Waals surface area contributed by atoms with Crippen molar-refractivity contribution in [2.75, 3.05) is 7.11 Å². The van der Waals surface area contributed by atoms with Crippen LogP contribution in [0.4, 0.5) is 0 Å². The van der Waals surface area contributed by atoms with Crippen molar-refractivity contribution in [3.63, 3.8) is 0 Å². The predicted molar refractivity (Wildman–Crippen MR) is 111 cm³/mol. The monoisotopic (exact) mass is 388 g/mol. The highest BCUT2D eigenvalue weighted by molar-refractivity contribution is 6.30. The molecular weight excluding hydrogens is 360 g/mol. The number of ether oxygens (including phenoxy) is 1. The Morgan fingerprint density at radius 3 is 2.19 bits per heavy atom. The Kier molecular flexibility index (Phi) is 7.07. The number of aliphatic hydroxyl groups excluding tert-OH is 1. The van der Waals surface area contributed by atoms with Gasteiger partial charge in [-0.25, -0.2) is 0 Å². The average Bonchev–Trinajstić information content (AvgIpc) is 2.62. The summed E-state index contributed by atoms with van der Waals surface area (Å²) in [4.78, 5) is 11.8. The van der Waals surface area contributed by atoms with Crippen molar-refractivity contribution in [1.82, 2.24) is 0 Å². The van der Waals surface area contributed by atoms with Gasteiger partial charge in [-0.15, -0.1) is 0 Å². The normalized spacial score (nSPS) is 12.7. The molecule has 0 aliphatic heterocycles. The summed E-state index contributed by atoms with van der Waals surface area (Å²) in [7, 11) is 1.40. The van der Waals surface area contributed by atoms with Crippen molar-refractivity contribution in [3.8, 4) is 11.1 Å². The molecule has 1 unspecified atom stereocenters. The molecule has 4 heteroatoms. The van der Waals surface area contributed by atoms with Crippen molar-refractivity contribution < 1.29 is 14.6 Å². The van der Waals surface area contributed by atoms with Gasteiger partial charge in [0.15, 0.2) is 0 Å². The van der Waals surface area contributed by atoms with Gasteiger partial charge < -0.3 is 9.84 Å². The summed E-state index contributed by atoms with van der Waals surface area (Å²) in [6.07, 6.45) is 1.23. The first-order valence-corrected chi connectivity index (χ1v) is 9.64. The summed E-state index contributed by atoms with van der Waals surface area (Å²) in [5, 5.41) is 11.2. The van der Waals surface area contributed by atoms with Gasteiger partial charge in [0.1, 0.15) is 0 Å². The van der Waals surface area contributed by atoms with Gasteiger partial charge in [-0.1, -0.05) is 35.9 Å². The SMILES string of the molecule is COC(=O)C(C)(C)CCC(O)Cc1c(C)cc(-c2ccc(Cl)cc2)cc1C. The highest BCUT2D eigenvalue weighted by Crippen LogP contribution is 2.29. The molecule has 27 heavy (non-hydrogen) atoms. The second-order valence-corrected chi connectivity index (χ2v) is 8.30. The Morgan fingerprint density at radius 1 is 1.11 bits per heavy atom. The van der Waals surface area contributed by atoms with E-state index in [-0.39, 0.29) is 5.97 Å². The molecule has 0 fully saturated rings. The number of hydrogen-bond donors (Lipinski definition) is 1. The number of carbonyl (C=O) groups is 1. The quantitative estimate of drug-likeness (QED) is 0.636. The number of methoxy groups -OCH3 is 1. The van der Waals surface area contributed by atoms with Gasteiger partial charge in [0.05, 0.1) is 18.6 Å². The van der Waals surface area contributed by atoms with Crippen LogP contribution in [0.2, 0.25) is 5.02 Å². The molecule has 3 nitrogen and oxygen atoms in total. The zero-order valence-electron chi connectivity index (χ0n) is 16.8. The van der Waals surface area contributed by atoms with E-state index in [9.17, 15) is 9.90 Å². The fraction of sp³-hybridized carbons (Fsp3) is 0.435. The van der Waals surface area contributed by atoms with Crippen LogP contribution in [-0.4, -0.2) is 24.3 Å². The number of rotatable bonds is 7. The van der Waals surface area contributed by atoms with Crippen LogP contribution < -0.4 is 0 Å². The molecule has 0 bridgehead atoms. The molecule has 0 aromatic heterocycles. The Balaban J connectivity index is 2.10. The van der Waals surface area contributed by atoms with Gasteiger partial charge in [0.25, 0.3) is 0 Å². The molecule has 0 amide bonds. The minimum absolute atomic E-state index is 0.241. The van der Waals surface area contributed by atoms with Crippen molar-refractivity contribution in [1.29, 1.82) is 0 Å². The highest BCUT2D eigenvalue weighted by atomic mass is 35.5. The fourth-order valence-corrected chi connectivity index (χ4v) is 3.49. The molecule has 0 radical (unpaired) electrons. The van der Waals surface area contributed by atoms with E-state index >= 15 is 0 Å². The van der Waals surface area contributed by atoms with E-state index in [1.54, 1.807) is 0 Å². The molecule has 0 aliphatic rings. The van der Waals surface area contributed by atoms with Crippen molar-refractivity contribution in [2.24, 2.45) is 5.41 Å². The maximum Gasteiger partial charge on any atom is 0.311 e. The molecule has 0 aliphatic carbocycles. The van der Waals surface area contributed by atoms with Crippen LogP contribution in [-0.2, 0) is 16.0 Å². The smallest absolute Gasteiger partial charge is 0.311 e. The van der Waals surface area contributed by atoms with Crippen LogP contribution in [0.25, 0.3) is 11.1 Å². The number of carbonyl (C=O) groups excluding carboxylic acids is 1. The molecule has 2 aromatic carbocycles. The summed E-state index contributed by atoms with van der Waals surface area (Å²) in [5.41, 5.74) is 5.16. The van der Waals surface area contributed by atoms with E-state index in [0.29, 0.717) is 19.3 Å². The van der Waals surface area contributed by atoms with E-state index < -0.39 is 11.5 Å². The zero-order chi connectivity index (χ0) is 20.2. The van der Waals surface area contributed by atoms with Gasteiger partial charge in [-0.3, -0.25) is 4.79 Å². The summed E-state index contributed by atoms with van der Waals surface area (Å²) < 4.78 is 4.84. The Hall–Kier alpha value is -1.84. The second-order valence-electron chi connectivity index (χ2n) is 7.87. The highest BCUT2D eigenvalue weighted by Gasteiger charge is 2.29. The van der Waals surface area contributed by atoms with Crippen LogP contribution in [0.3, 0.4) is 0 Å². The van der Waals surface area contributed by atoms with Gasteiger partial charge >= 0.3 is 5.97 Å². The molecule has 2 rings (SSSR count). The van der Waals surface area contributed by atoms with E-state index in [0.717, 1.165) is 32.8 Å². The standard InChI is InChI=1S/C23H29ClO3/c1-15-12-18(17-6-8-19(24)9-7-17)13-16(2)21(15)14-20(25)10-11-23(3,4)22(26)27-5/h6-9,12-13,20,25H,10-11,14H2,1-5H3. The van der Waals surface area contributed by atoms with E-state index in [4.69, 9.17) is 16.3 Å². The third-order valence-electron chi connectivity index (χ3n) is 5.15. The van der Waals surface area contributed by atoms with Gasteiger partial charge in [-0.05, 0) is 86.9 Å². The summed E-state index contributed by atoms with van der Waals surface area (Å²) >= 11 is 5.98. The third-order valence-corrected chi connectivity index (χ3v) is 5.41. The molecule has 2 aromatic rings. The molecule has 1 atom stereocenters. The van der Waals surface area contributed by atoms with Crippen molar-refractivity contribution >= 4 is 17.6 Å². The van der Waals surface area contributed by atoms with E-state index in [2.05, 4.69) is 26.0 Å². The molecule has 0 heterocycles. The molecule has 0 saturated heterocycles. The van der Waals surface area contributed by atoms with E-state index in [1.165, 1.54) is 7.11 Å². The molecule has 1 N–H and O–H groups in total. The lowest BCUT2D eigenvalue weighted by Gasteiger charge is -2.23. The maximum atomic E-state index is 11.8. The molecule has 0 saturated carbocycles. The van der Waals surface area contributed by atoms with Crippen LogP contribution in [0.1, 0.15) is 43.4 Å². The Morgan fingerprint density at radius 2 is 1.67 bits per heavy atom. The number of halogens is 1. The largest absolute Gasteiger partial charge is 0.469 e. The van der Waals surface area contributed by atoms with Crippen LogP contribution in [0, 0.1) is 19.3 Å². The van der Waals surface area contributed by atoms with Gasteiger partial charge in [0.2, 0.25) is 0 Å². The Bertz CT molecular complexity index is 771. The van der Waals surface area contributed by atoms with E-state index in [1.807, 2.05) is 38.1 Å². The average molecular weight is 389 g/mol. The lowest BCUT2D eigenvalue weighted by Crippen LogP contribution is -2.27. The number of aliphatic hydroxyl groups is 1. The number of esters is 1. The maximum absolute atomic E-state index is 11.8. The predicted octanol–water partition coefficient (Wildman–Crippen LogP) is 5.51. The number of benzene rings is 2. The minimum atomic E-state index is -0.585. The lowest BCUT2D eigenvalue weighted by molar-refractivity contribution is -0.151. The first-order chi connectivity index (χ1) is 12.6. The lowest BCUT2D eigenvalue weighted by atomic mass is 9.85. The zero-order valence-corrected chi connectivity index (χ0v) is 17.6. The first-order valence-electron chi connectivity index (χ1n) is 9.26. The van der Waals surface area contributed by atoms with Crippen LogP contribution >= 0.6 is 11.6 Å². The molecule has 146 valence electrons. The summed E-state index contributed by atoms with van der Waals surface area (Å²) in [6.45, 7) is 7.85. The molecule has 0 spiro atoms.